The summed E-state index contributed by atoms with van der Waals surface area (Å²) in [5.41, 5.74) is 1.97. The van der Waals surface area contributed by atoms with Crippen molar-refractivity contribution < 1.29 is 4.79 Å². The Morgan fingerprint density at radius 1 is 1.29 bits per heavy atom. The maximum atomic E-state index is 11.9. The maximum absolute atomic E-state index is 11.9. The lowest BCUT2D eigenvalue weighted by Crippen LogP contribution is -2.19. The first-order chi connectivity index (χ1) is 10.1. The van der Waals surface area contributed by atoms with Crippen LogP contribution in [-0.4, -0.2) is 11.1 Å². The monoisotopic (exact) mass is 334 g/mol. The molecule has 1 aliphatic heterocycles. The molecule has 0 spiro atoms. The van der Waals surface area contributed by atoms with E-state index < -0.39 is 0 Å². The third-order valence-electron chi connectivity index (χ3n) is 2.75. The molecule has 0 unspecified atom stereocenters. The molecular formula is C15H11ClN2OS2. The number of nitrogens with one attached hydrogen (secondary N) is 1. The molecule has 3 rings (SSSR count). The Balaban J connectivity index is 1.83. The first kappa shape index (κ1) is 14.4. The Kier molecular flexibility index (Phi) is 4.14. The van der Waals surface area contributed by atoms with Crippen LogP contribution in [0.15, 0.2) is 46.3 Å². The van der Waals surface area contributed by atoms with Gasteiger partial charge in [0.25, 0.3) is 5.91 Å². The van der Waals surface area contributed by atoms with Gasteiger partial charge in [0, 0.05) is 4.88 Å². The summed E-state index contributed by atoms with van der Waals surface area (Å²) in [4.78, 5) is 18.0. The van der Waals surface area contributed by atoms with Crippen molar-refractivity contribution >= 4 is 57.5 Å². The second-order valence-corrected chi connectivity index (χ2v) is 7.24. The predicted octanol–water partition coefficient (Wildman–Crippen LogP) is 4.60. The Hall–Kier alpha value is -1.56. The smallest absolute Gasteiger partial charge is 0.264 e. The first-order valence-electron chi connectivity index (χ1n) is 6.22. The van der Waals surface area contributed by atoms with Gasteiger partial charge in [0.2, 0.25) is 0 Å². The van der Waals surface area contributed by atoms with Crippen LogP contribution in [0.25, 0.3) is 6.08 Å². The van der Waals surface area contributed by atoms with Crippen LogP contribution in [0, 0.1) is 6.92 Å². The van der Waals surface area contributed by atoms with Gasteiger partial charge in [-0.1, -0.05) is 23.7 Å². The van der Waals surface area contributed by atoms with Crippen LogP contribution in [0.5, 0.6) is 0 Å². The summed E-state index contributed by atoms with van der Waals surface area (Å²) in [7, 11) is 0. The molecule has 21 heavy (non-hydrogen) atoms. The van der Waals surface area contributed by atoms with Crippen LogP contribution in [0.4, 0.5) is 5.69 Å². The summed E-state index contributed by atoms with van der Waals surface area (Å²) in [6.07, 6.45) is 1.83. The van der Waals surface area contributed by atoms with E-state index in [4.69, 9.17) is 11.6 Å². The number of carbonyl (C=O) groups is 1. The number of hydrogen-bond donors (Lipinski definition) is 1. The van der Waals surface area contributed by atoms with E-state index in [0.717, 1.165) is 16.1 Å². The van der Waals surface area contributed by atoms with E-state index in [0.29, 0.717) is 14.4 Å². The lowest BCUT2D eigenvalue weighted by molar-refractivity contribution is -0.115. The summed E-state index contributed by atoms with van der Waals surface area (Å²) >= 11 is 8.67. The molecular weight excluding hydrogens is 324 g/mol. The molecule has 1 amide bonds. The molecule has 1 fully saturated rings. The molecule has 0 aliphatic carbocycles. The van der Waals surface area contributed by atoms with E-state index >= 15 is 0 Å². The van der Waals surface area contributed by atoms with Crippen molar-refractivity contribution in [3.63, 3.8) is 0 Å². The third kappa shape index (κ3) is 3.56. The number of carbonyl (C=O) groups excluding carboxylic acids is 1. The van der Waals surface area contributed by atoms with Crippen molar-refractivity contribution in [3.8, 4) is 0 Å². The molecule has 2 heterocycles. The maximum Gasteiger partial charge on any atom is 0.264 e. The summed E-state index contributed by atoms with van der Waals surface area (Å²) in [6, 6.07) is 11.5. The van der Waals surface area contributed by atoms with Gasteiger partial charge < -0.3 is 5.32 Å². The molecule has 1 saturated heterocycles. The molecule has 0 atom stereocenters. The van der Waals surface area contributed by atoms with Gasteiger partial charge in [-0.3, -0.25) is 4.79 Å². The number of aliphatic imine (C=N–C) groups is 1. The zero-order valence-electron chi connectivity index (χ0n) is 11.1. The van der Waals surface area contributed by atoms with Crippen LogP contribution in [0.3, 0.4) is 0 Å². The minimum absolute atomic E-state index is 0.129. The summed E-state index contributed by atoms with van der Waals surface area (Å²) < 4.78 is 0.707. The van der Waals surface area contributed by atoms with Crippen LogP contribution < -0.4 is 5.32 Å². The Bertz CT molecular complexity index is 765. The van der Waals surface area contributed by atoms with Gasteiger partial charge in [-0.05, 0) is 54.6 Å². The number of amides is 1. The van der Waals surface area contributed by atoms with Crippen molar-refractivity contribution in [2.45, 2.75) is 6.92 Å². The van der Waals surface area contributed by atoms with Gasteiger partial charge in [0.15, 0.2) is 5.17 Å². The second-order valence-electron chi connectivity index (χ2n) is 4.46. The van der Waals surface area contributed by atoms with Crippen molar-refractivity contribution in [3.05, 3.63) is 56.1 Å². The zero-order chi connectivity index (χ0) is 14.8. The molecule has 0 saturated carbocycles. The lowest BCUT2D eigenvalue weighted by atomic mass is 10.2. The van der Waals surface area contributed by atoms with E-state index in [1.807, 2.05) is 49.4 Å². The highest BCUT2D eigenvalue weighted by molar-refractivity contribution is 8.18. The Morgan fingerprint density at radius 2 is 2.14 bits per heavy atom. The fourth-order valence-electron chi connectivity index (χ4n) is 1.83. The normalized spacial score (nSPS) is 18.5. The Morgan fingerprint density at radius 3 is 2.86 bits per heavy atom. The van der Waals surface area contributed by atoms with Gasteiger partial charge in [0.1, 0.15) is 0 Å². The first-order valence-corrected chi connectivity index (χ1v) is 8.23. The summed E-state index contributed by atoms with van der Waals surface area (Å²) in [5.74, 6) is -0.129. The highest BCUT2D eigenvalue weighted by Gasteiger charge is 2.23. The van der Waals surface area contributed by atoms with Crippen LogP contribution >= 0.6 is 34.7 Å². The quantitative estimate of drug-likeness (QED) is 0.815. The Labute approximate surface area is 135 Å². The molecule has 1 aromatic heterocycles. The van der Waals surface area contributed by atoms with Gasteiger partial charge in [-0.2, -0.15) is 0 Å². The van der Waals surface area contributed by atoms with Crippen molar-refractivity contribution in [2.24, 2.45) is 4.99 Å². The number of amidine groups is 1. The van der Waals surface area contributed by atoms with Gasteiger partial charge in [0.05, 0.1) is 14.9 Å². The minimum atomic E-state index is -0.129. The highest BCUT2D eigenvalue weighted by Crippen LogP contribution is 2.31. The molecule has 0 radical (unpaired) electrons. The van der Waals surface area contributed by atoms with Crippen LogP contribution in [0.1, 0.15) is 10.4 Å². The standard InChI is InChI=1S/C15H11ClN2OS2/c1-9-3-2-4-10(7-9)17-15-18-14(19)12(21-15)8-11-5-6-13(16)20-11/h2-8H,1H3,(H,17,18,19). The van der Waals surface area contributed by atoms with Gasteiger partial charge >= 0.3 is 0 Å². The molecule has 0 bridgehead atoms. The largest absolute Gasteiger partial charge is 0.300 e. The highest BCUT2D eigenvalue weighted by atomic mass is 35.5. The lowest BCUT2D eigenvalue weighted by Gasteiger charge is -1.97. The fourth-order valence-corrected chi connectivity index (χ4v) is 3.74. The van der Waals surface area contributed by atoms with Gasteiger partial charge in [-0.15, -0.1) is 11.3 Å². The summed E-state index contributed by atoms with van der Waals surface area (Å²) in [6.45, 7) is 2.01. The molecule has 2 aromatic rings. The van der Waals surface area contributed by atoms with Crippen molar-refractivity contribution in [2.75, 3.05) is 0 Å². The average Bonchev–Trinajstić information content (AvgIpc) is 2.97. The zero-order valence-corrected chi connectivity index (χ0v) is 13.5. The van der Waals surface area contributed by atoms with Crippen molar-refractivity contribution in [1.82, 2.24) is 5.32 Å². The molecule has 3 nitrogen and oxygen atoms in total. The number of rotatable bonds is 2. The van der Waals surface area contributed by atoms with Crippen LogP contribution in [0.2, 0.25) is 4.34 Å². The topological polar surface area (TPSA) is 41.5 Å². The number of benzene rings is 1. The van der Waals surface area contributed by atoms with E-state index in [-0.39, 0.29) is 5.91 Å². The number of aryl methyl sites for hydroxylation is 1. The molecule has 1 aromatic carbocycles. The predicted molar refractivity (Wildman–Crippen MR) is 91.3 cm³/mol. The summed E-state index contributed by atoms with van der Waals surface area (Å²) in [5, 5.41) is 3.37. The van der Waals surface area contributed by atoms with E-state index in [2.05, 4.69) is 10.3 Å². The second kappa shape index (κ2) is 6.05. The molecule has 1 N–H and O–H groups in total. The molecule has 1 aliphatic rings. The third-order valence-corrected chi connectivity index (χ3v) is 4.84. The van der Waals surface area contributed by atoms with Crippen LogP contribution in [-0.2, 0) is 4.79 Å². The minimum Gasteiger partial charge on any atom is -0.300 e. The van der Waals surface area contributed by atoms with Crippen molar-refractivity contribution in [1.29, 1.82) is 0 Å². The van der Waals surface area contributed by atoms with Gasteiger partial charge in [-0.25, -0.2) is 4.99 Å². The molecule has 6 heteroatoms. The average molecular weight is 335 g/mol. The number of halogens is 1. The number of thioether (sulfide) groups is 1. The molecule has 106 valence electrons. The van der Waals surface area contributed by atoms with E-state index in [1.54, 1.807) is 0 Å². The SMILES string of the molecule is Cc1cccc(N=C2NC(=O)C(=Cc3ccc(Cl)s3)S2)c1. The number of nitrogens with zero attached hydrogens (tertiary/aromatic N) is 1. The van der Waals surface area contributed by atoms with E-state index in [1.165, 1.54) is 23.1 Å². The van der Waals surface area contributed by atoms with E-state index in [9.17, 15) is 4.79 Å². The number of hydrogen-bond acceptors (Lipinski definition) is 4. The number of thiophene rings is 1. The fraction of sp³-hybridized carbons (Fsp3) is 0.0667.